The van der Waals surface area contributed by atoms with Crippen LogP contribution in [0, 0.1) is 5.41 Å². The van der Waals surface area contributed by atoms with Crippen LogP contribution in [0.2, 0.25) is 5.02 Å². The van der Waals surface area contributed by atoms with Crippen molar-refractivity contribution in [2.45, 2.75) is 39.7 Å². The summed E-state index contributed by atoms with van der Waals surface area (Å²) < 4.78 is 10.8. The van der Waals surface area contributed by atoms with Gasteiger partial charge in [-0.25, -0.2) is 5.01 Å². The van der Waals surface area contributed by atoms with Crippen LogP contribution in [-0.4, -0.2) is 85.4 Å². The molecule has 4 rings (SSSR count). The fourth-order valence-electron chi connectivity index (χ4n) is 4.82. The predicted octanol–water partition coefficient (Wildman–Crippen LogP) is 4.62. The molecule has 2 aromatic carbocycles. The molecule has 1 saturated heterocycles. The van der Waals surface area contributed by atoms with Gasteiger partial charge in [0.05, 0.1) is 32.1 Å². The Labute approximate surface area is 236 Å². The molecular formula is C30H39ClN4O4. The maximum Gasteiger partial charge on any atom is 0.262 e. The number of ether oxygens (including phenoxy) is 2. The van der Waals surface area contributed by atoms with E-state index in [0.29, 0.717) is 44.2 Å². The van der Waals surface area contributed by atoms with Gasteiger partial charge >= 0.3 is 0 Å². The number of carbonyl (C=O) groups is 2. The number of hydrogen-bond acceptors (Lipinski definition) is 6. The summed E-state index contributed by atoms with van der Waals surface area (Å²) in [5.41, 5.74) is 2.50. The zero-order valence-electron chi connectivity index (χ0n) is 23.4. The third kappa shape index (κ3) is 8.03. The lowest BCUT2D eigenvalue weighted by molar-refractivity contribution is -0.142. The van der Waals surface area contributed by atoms with Crippen molar-refractivity contribution in [3.8, 4) is 5.75 Å². The van der Waals surface area contributed by atoms with Crippen LogP contribution < -0.4 is 4.74 Å². The Hall–Kier alpha value is -2.94. The van der Waals surface area contributed by atoms with Gasteiger partial charge in [0.1, 0.15) is 12.3 Å². The van der Waals surface area contributed by atoms with Gasteiger partial charge < -0.3 is 14.4 Å². The lowest BCUT2D eigenvalue weighted by atomic mass is 9.91. The molecular weight excluding hydrogens is 516 g/mol. The first-order valence-electron chi connectivity index (χ1n) is 13.5. The predicted molar refractivity (Wildman–Crippen MR) is 153 cm³/mol. The number of carbonyl (C=O) groups excluding carboxylic acids is 2. The van der Waals surface area contributed by atoms with Crippen LogP contribution >= 0.6 is 11.6 Å². The molecule has 0 aromatic heterocycles. The highest BCUT2D eigenvalue weighted by atomic mass is 35.5. The maximum absolute atomic E-state index is 13.9. The standard InChI is InChI=1S/C30H39ClN4O4/c1-30(2,3)20-28(36)34(14-13-33-15-17-39-18-16-33)21-29(37)35-27(23-5-9-24(31)10-6-23)19-26(32-35)22-7-11-25(38-4)12-8-22/h5-12,27H,13-21H2,1-4H3. The van der Waals surface area contributed by atoms with Gasteiger partial charge in [-0.2, -0.15) is 5.10 Å². The molecule has 0 bridgehead atoms. The lowest BCUT2D eigenvalue weighted by Gasteiger charge is -2.32. The average molecular weight is 555 g/mol. The number of methoxy groups -OCH3 is 1. The van der Waals surface area contributed by atoms with E-state index in [9.17, 15) is 9.59 Å². The molecule has 2 amide bonds. The second-order valence-electron chi connectivity index (χ2n) is 11.3. The Morgan fingerprint density at radius 2 is 1.74 bits per heavy atom. The first-order chi connectivity index (χ1) is 18.6. The number of nitrogens with zero attached hydrogens (tertiary/aromatic N) is 4. The van der Waals surface area contributed by atoms with Crippen molar-refractivity contribution in [3.05, 3.63) is 64.7 Å². The highest BCUT2D eigenvalue weighted by molar-refractivity contribution is 6.30. The van der Waals surface area contributed by atoms with Gasteiger partial charge in [0.2, 0.25) is 5.91 Å². The number of morpholine rings is 1. The third-order valence-electron chi connectivity index (χ3n) is 6.99. The Bertz CT molecular complexity index is 1150. The van der Waals surface area contributed by atoms with E-state index in [0.717, 1.165) is 35.7 Å². The zero-order valence-corrected chi connectivity index (χ0v) is 24.1. The molecule has 0 spiro atoms. The summed E-state index contributed by atoms with van der Waals surface area (Å²) in [5, 5.41) is 6.98. The average Bonchev–Trinajstić information content (AvgIpc) is 3.36. The molecule has 0 radical (unpaired) electrons. The van der Waals surface area contributed by atoms with Gasteiger partial charge in [0.15, 0.2) is 0 Å². The Balaban J connectivity index is 1.57. The van der Waals surface area contributed by atoms with E-state index in [-0.39, 0.29) is 29.8 Å². The van der Waals surface area contributed by atoms with Gasteiger partial charge in [-0.15, -0.1) is 0 Å². The minimum Gasteiger partial charge on any atom is -0.497 e. The second-order valence-corrected chi connectivity index (χ2v) is 11.7. The van der Waals surface area contributed by atoms with Crippen LogP contribution in [0.5, 0.6) is 5.75 Å². The molecule has 210 valence electrons. The summed E-state index contributed by atoms with van der Waals surface area (Å²) in [6.45, 7) is 10.3. The second kappa shape index (κ2) is 12.9. The lowest BCUT2D eigenvalue weighted by Crippen LogP contribution is -2.47. The van der Waals surface area contributed by atoms with Crippen LogP contribution in [0.3, 0.4) is 0 Å². The van der Waals surface area contributed by atoms with Crippen molar-refractivity contribution in [2.24, 2.45) is 10.5 Å². The zero-order chi connectivity index (χ0) is 28.0. The largest absolute Gasteiger partial charge is 0.497 e. The molecule has 9 heteroatoms. The number of halogens is 1. The third-order valence-corrected chi connectivity index (χ3v) is 7.25. The normalized spacial score (nSPS) is 18.1. The summed E-state index contributed by atoms with van der Waals surface area (Å²) >= 11 is 6.15. The van der Waals surface area contributed by atoms with E-state index >= 15 is 0 Å². The van der Waals surface area contributed by atoms with E-state index < -0.39 is 0 Å². The van der Waals surface area contributed by atoms with Crippen LogP contribution in [0.15, 0.2) is 53.6 Å². The van der Waals surface area contributed by atoms with E-state index in [1.807, 2.05) is 69.3 Å². The summed E-state index contributed by atoms with van der Waals surface area (Å²) in [7, 11) is 1.63. The monoisotopic (exact) mass is 554 g/mol. The maximum atomic E-state index is 13.9. The molecule has 0 N–H and O–H groups in total. The first kappa shape index (κ1) is 29.1. The number of hydrazone groups is 1. The highest BCUT2D eigenvalue weighted by Crippen LogP contribution is 2.34. The van der Waals surface area contributed by atoms with Crippen molar-refractivity contribution in [3.63, 3.8) is 0 Å². The molecule has 2 aliphatic heterocycles. The van der Waals surface area contributed by atoms with Crippen molar-refractivity contribution in [1.29, 1.82) is 0 Å². The molecule has 0 saturated carbocycles. The molecule has 1 atom stereocenters. The molecule has 1 unspecified atom stereocenters. The molecule has 2 aliphatic rings. The quantitative estimate of drug-likeness (QED) is 0.452. The Kier molecular flexibility index (Phi) is 9.64. The van der Waals surface area contributed by atoms with E-state index in [4.69, 9.17) is 26.2 Å². The SMILES string of the molecule is COc1ccc(C2=NN(C(=O)CN(CCN3CCOCC3)C(=O)CC(C)(C)C)C(c3ccc(Cl)cc3)C2)cc1. The summed E-state index contributed by atoms with van der Waals surface area (Å²) in [6, 6.07) is 14.9. The van der Waals surface area contributed by atoms with Crippen LogP contribution in [0.25, 0.3) is 0 Å². The van der Waals surface area contributed by atoms with E-state index in [2.05, 4.69) is 4.90 Å². The molecule has 0 aliphatic carbocycles. The minimum atomic E-state index is -0.286. The summed E-state index contributed by atoms with van der Waals surface area (Å²) in [4.78, 5) is 31.2. The molecule has 2 aromatic rings. The highest BCUT2D eigenvalue weighted by Gasteiger charge is 2.35. The van der Waals surface area contributed by atoms with E-state index in [1.165, 1.54) is 0 Å². The van der Waals surface area contributed by atoms with Crippen LogP contribution in [0.1, 0.15) is 50.8 Å². The van der Waals surface area contributed by atoms with Crippen LogP contribution in [0.4, 0.5) is 0 Å². The van der Waals surface area contributed by atoms with E-state index in [1.54, 1.807) is 17.0 Å². The number of amides is 2. The minimum absolute atomic E-state index is 0.0225. The van der Waals surface area contributed by atoms with Gasteiger partial charge in [-0.3, -0.25) is 14.5 Å². The van der Waals surface area contributed by atoms with Crippen molar-refractivity contribution in [2.75, 3.05) is 53.0 Å². The Morgan fingerprint density at radius 1 is 1.08 bits per heavy atom. The Morgan fingerprint density at radius 3 is 2.36 bits per heavy atom. The van der Waals surface area contributed by atoms with Gasteiger partial charge in [0.25, 0.3) is 5.91 Å². The molecule has 39 heavy (non-hydrogen) atoms. The van der Waals surface area contributed by atoms with Crippen molar-refractivity contribution in [1.82, 2.24) is 14.8 Å². The number of benzene rings is 2. The van der Waals surface area contributed by atoms with Crippen molar-refractivity contribution < 1.29 is 19.1 Å². The van der Waals surface area contributed by atoms with Gasteiger partial charge in [-0.1, -0.05) is 44.5 Å². The molecule has 2 heterocycles. The van der Waals surface area contributed by atoms with Gasteiger partial charge in [0, 0.05) is 44.0 Å². The number of hydrogen-bond donors (Lipinski definition) is 0. The molecule has 8 nitrogen and oxygen atoms in total. The van der Waals surface area contributed by atoms with Crippen molar-refractivity contribution >= 4 is 29.1 Å². The summed E-state index contributed by atoms with van der Waals surface area (Å²) in [5.74, 6) is 0.529. The van der Waals surface area contributed by atoms with Gasteiger partial charge in [-0.05, 0) is 52.9 Å². The summed E-state index contributed by atoms with van der Waals surface area (Å²) in [6.07, 6.45) is 0.924. The fraction of sp³-hybridized carbons (Fsp3) is 0.500. The number of rotatable bonds is 9. The smallest absolute Gasteiger partial charge is 0.262 e. The topological polar surface area (TPSA) is 74.7 Å². The molecule has 1 fully saturated rings. The fourth-order valence-corrected chi connectivity index (χ4v) is 4.95. The first-order valence-corrected chi connectivity index (χ1v) is 13.9. The van der Waals surface area contributed by atoms with Crippen LogP contribution in [-0.2, 0) is 14.3 Å².